The van der Waals surface area contributed by atoms with Crippen LogP contribution < -0.4 is 5.32 Å². The molecule has 3 heteroatoms. The molecule has 0 fully saturated rings. The van der Waals surface area contributed by atoms with E-state index in [0.29, 0.717) is 13.2 Å². The lowest BCUT2D eigenvalue weighted by Gasteiger charge is -2.17. The third kappa shape index (κ3) is 4.63. The molecule has 0 saturated carbocycles. The molecule has 0 unspecified atom stereocenters. The monoisotopic (exact) mass is 207 g/mol. The van der Waals surface area contributed by atoms with Gasteiger partial charge in [0.05, 0.1) is 25.9 Å². The molecule has 0 saturated heterocycles. The highest BCUT2D eigenvalue weighted by Gasteiger charge is 2.06. The van der Waals surface area contributed by atoms with Gasteiger partial charge in [0.2, 0.25) is 0 Å². The summed E-state index contributed by atoms with van der Waals surface area (Å²) in [6.07, 6.45) is 1.69. The second-order valence-electron chi connectivity index (χ2n) is 3.22. The Labute approximate surface area is 90.4 Å². The molecule has 0 spiro atoms. The van der Waals surface area contributed by atoms with Gasteiger partial charge in [-0.2, -0.15) is 0 Å². The first-order chi connectivity index (χ1) is 7.36. The van der Waals surface area contributed by atoms with Crippen molar-refractivity contribution in [3.05, 3.63) is 43.0 Å². The average molecular weight is 207 g/mol. The lowest BCUT2D eigenvalue weighted by molar-refractivity contribution is 0.128. The Hall–Kier alpha value is -1.32. The highest BCUT2D eigenvalue weighted by molar-refractivity contribution is 5.43. The van der Waals surface area contributed by atoms with E-state index in [4.69, 9.17) is 9.84 Å². The lowest BCUT2D eigenvalue weighted by Crippen LogP contribution is -2.29. The van der Waals surface area contributed by atoms with Gasteiger partial charge in [-0.05, 0) is 12.1 Å². The van der Waals surface area contributed by atoms with Crippen LogP contribution in [0.25, 0.3) is 0 Å². The van der Waals surface area contributed by atoms with E-state index in [2.05, 4.69) is 11.9 Å². The molecule has 0 aliphatic heterocycles. The maximum Gasteiger partial charge on any atom is 0.0726 e. The van der Waals surface area contributed by atoms with E-state index in [0.717, 1.165) is 5.69 Å². The fourth-order valence-corrected chi connectivity index (χ4v) is 1.20. The quantitative estimate of drug-likeness (QED) is 0.528. The van der Waals surface area contributed by atoms with Crippen molar-refractivity contribution in [3.8, 4) is 0 Å². The Kier molecular flexibility index (Phi) is 5.51. The van der Waals surface area contributed by atoms with Gasteiger partial charge < -0.3 is 15.2 Å². The summed E-state index contributed by atoms with van der Waals surface area (Å²) in [5.41, 5.74) is 0.985. The van der Waals surface area contributed by atoms with E-state index in [1.54, 1.807) is 6.08 Å². The van der Waals surface area contributed by atoms with Gasteiger partial charge in [0.15, 0.2) is 0 Å². The number of nitrogens with one attached hydrogen (secondary N) is 1. The molecule has 0 aromatic heterocycles. The number of para-hydroxylation sites is 1. The van der Waals surface area contributed by atoms with Gasteiger partial charge in [0.25, 0.3) is 0 Å². The molecular weight excluding hydrogens is 190 g/mol. The third-order valence-electron chi connectivity index (χ3n) is 1.92. The molecule has 82 valence electrons. The Morgan fingerprint density at radius 2 is 2.13 bits per heavy atom. The van der Waals surface area contributed by atoms with Gasteiger partial charge in [-0.1, -0.05) is 24.3 Å². The fourth-order valence-electron chi connectivity index (χ4n) is 1.20. The van der Waals surface area contributed by atoms with Crippen LogP contribution in [0.4, 0.5) is 5.69 Å². The maximum atomic E-state index is 9.12. The summed E-state index contributed by atoms with van der Waals surface area (Å²) < 4.78 is 5.27. The van der Waals surface area contributed by atoms with Crippen LogP contribution in [0.15, 0.2) is 43.0 Å². The Bertz CT molecular complexity index is 274. The number of ether oxygens (including phenoxy) is 1. The van der Waals surface area contributed by atoms with Crippen molar-refractivity contribution < 1.29 is 9.84 Å². The summed E-state index contributed by atoms with van der Waals surface area (Å²) in [6, 6.07) is 9.68. The van der Waals surface area contributed by atoms with Gasteiger partial charge >= 0.3 is 0 Å². The molecule has 1 aromatic rings. The average Bonchev–Trinajstić information content (AvgIpc) is 2.29. The smallest absolute Gasteiger partial charge is 0.0726 e. The minimum Gasteiger partial charge on any atom is -0.394 e. The summed E-state index contributed by atoms with van der Waals surface area (Å²) in [4.78, 5) is 0. The van der Waals surface area contributed by atoms with Crippen LogP contribution in [0.1, 0.15) is 0 Å². The highest BCUT2D eigenvalue weighted by atomic mass is 16.5. The van der Waals surface area contributed by atoms with Gasteiger partial charge in [-0.25, -0.2) is 0 Å². The van der Waals surface area contributed by atoms with E-state index in [1.807, 2.05) is 30.3 Å². The molecule has 0 radical (unpaired) electrons. The van der Waals surface area contributed by atoms with Crippen LogP contribution >= 0.6 is 0 Å². The maximum absolute atomic E-state index is 9.12. The summed E-state index contributed by atoms with van der Waals surface area (Å²) in [5, 5.41) is 12.3. The van der Waals surface area contributed by atoms with Crippen LogP contribution in [0.5, 0.6) is 0 Å². The Morgan fingerprint density at radius 1 is 1.40 bits per heavy atom. The van der Waals surface area contributed by atoms with E-state index in [1.165, 1.54) is 0 Å². The Morgan fingerprint density at radius 3 is 2.73 bits per heavy atom. The summed E-state index contributed by atoms with van der Waals surface area (Å²) in [7, 11) is 0. The number of aliphatic hydroxyl groups excluding tert-OH is 1. The van der Waals surface area contributed by atoms with Crippen LogP contribution in [-0.2, 0) is 4.74 Å². The number of hydrogen-bond donors (Lipinski definition) is 2. The second-order valence-corrected chi connectivity index (χ2v) is 3.22. The Balaban J connectivity index is 2.36. The highest BCUT2D eigenvalue weighted by Crippen LogP contribution is 2.06. The molecule has 3 nitrogen and oxygen atoms in total. The van der Waals surface area contributed by atoms with Crippen molar-refractivity contribution in [3.63, 3.8) is 0 Å². The molecule has 0 aliphatic carbocycles. The van der Waals surface area contributed by atoms with Crippen LogP contribution in [0.3, 0.4) is 0 Å². The second kappa shape index (κ2) is 7.04. The zero-order valence-electron chi connectivity index (χ0n) is 8.73. The molecule has 2 N–H and O–H groups in total. The number of aliphatic hydroxyl groups is 1. The minimum atomic E-state index is -0.0765. The normalized spacial score (nSPS) is 12.1. The van der Waals surface area contributed by atoms with E-state index in [-0.39, 0.29) is 12.6 Å². The SMILES string of the molecule is C=CCOC[C@@H](CO)Nc1ccccc1. The molecule has 0 aliphatic rings. The first kappa shape index (κ1) is 11.8. The minimum absolute atomic E-state index is 0.0477. The molecule has 15 heavy (non-hydrogen) atoms. The lowest BCUT2D eigenvalue weighted by atomic mass is 10.2. The number of benzene rings is 1. The van der Waals surface area contributed by atoms with E-state index in [9.17, 15) is 0 Å². The molecule has 0 amide bonds. The molecule has 0 heterocycles. The predicted molar refractivity (Wildman–Crippen MR) is 62.0 cm³/mol. The summed E-state index contributed by atoms with van der Waals surface area (Å²) in [5.74, 6) is 0. The molecule has 1 atom stereocenters. The van der Waals surface area contributed by atoms with Crippen molar-refractivity contribution in [2.24, 2.45) is 0 Å². The third-order valence-corrected chi connectivity index (χ3v) is 1.92. The summed E-state index contributed by atoms with van der Waals surface area (Å²) in [6.45, 7) is 4.58. The predicted octanol–water partition coefficient (Wildman–Crippen LogP) is 1.66. The molecule has 0 bridgehead atoms. The van der Waals surface area contributed by atoms with Crippen LogP contribution in [-0.4, -0.2) is 31.0 Å². The van der Waals surface area contributed by atoms with Crippen molar-refractivity contribution in [1.29, 1.82) is 0 Å². The van der Waals surface area contributed by atoms with Crippen molar-refractivity contribution in [1.82, 2.24) is 0 Å². The van der Waals surface area contributed by atoms with E-state index < -0.39 is 0 Å². The standard InChI is InChI=1S/C12H17NO2/c1-2-8-15-10-12(9-14)13-11-6-4-3-5-7-11/h2-7,12-14H,1,8-10H2/t12-/m1/s1. The number of hydrogen-bond acceptors (Lipinski definition) is 3. The first-order valence-corrected chi connectivity index (χ1v) is 4.98. The fraction of sp³-hybridized carbons (Fsp3) is 0.333. The van der Waals surface area contributed by atoms with Crippen LogP contribution in [0, 0.1) is 0 Å². The van der Waals surface area contributed by atoms with Gasteiger partial charge in [0, 0.05) is 5.69 Å². The zero-order chi connectivity index (χ0) is 10.9. The van der Waals surface area contributed by atoms with Gasteiger partial charge in [0.1, 0.15) is 0 Å². The van der Waals surface area contributed by atoms with E-state index >= 15 is 0 Å². The molecular formula is C12H17NO2. The van der Waals surface area contributed by atoms with Crippen molar-refractivity contribution in [2.45, 2.75) is 6.04 Å². The molecule has 1 aromatic carbocycles. The van der Waals surface area contributed by atoms with Gasteiger partial charge in [-0.15, -0.1) is 6.58 Å². The number of rotatable bonds is 7. The van der Waals surface area contributed by atoms with Gasteiger partial charge in [-0.3, -0.25) is 0 Å². The van der Waals surface area contributed by atoms with Crippen molar-refractivity contribution in [2.75, 3.05) is 25.1 Å². The topological polar surface area (TPSA) is 41.5 Å². The van der Waals surface area contributed by atoms with Crippen LogP contribution in [0.2, 0.25) is 0 Å². The zero-order valence-corrected chi connectivity index (χ0v) is 8.73. The molecule has 1 rings (SSSR count). The largest absolute Gasteiger partial charge is 0.394 e. The number of anilines is 1. The van der Waals surface area contributed by atoms with Crippen molar-refractivity contribution >= 4 is 5.69 Å². The first-order valence-electron chi connectivity index (χ1n) is 4.98. The summed E-state index contributed by atoms with van der Waals surface area (Å²) >= 11 is 0.